The number of piperidine rings is 1. The fourth-order valence-electron chi connectivity index (χ4n) is 4.96. The van der Waals surface area contributed by atoms with Crippen LogP contribution < -0.4 is 25.2 Å². The first-order valence-electron chi connectivity index (χ1n) is 12.7. The van der Waals surface area contributed by atoms with Gasteiger partial charge in [0.05, 0.1) is 7.11 Å². The van der Waals surface area contributed by atoms with Gasteiger partial charge >= 0.3 is 0 Å². The van der Waals surface area contributed by atoms with Crippen LogP contribution in [0.25, 0.3) is 0 Å². The quantitative estimate of drug-likeness (QED) is 0.468. The number of fused-ring (bicyclic) bond motifs is 1. The zero-order valence-electron chi connectivity index (χ0n) is 21.0. The molecule has 8 heteroatoms. The van der Waals surface area contributed by atoms with E-state index in [1.165, 1.54) is 24.0 Å². The van der Waals surface area contributed by atoms with Crippen molar-refractivity contribution in [2.24, 2.45) is 5.92 Å². The first-order valence-corrected chi connectivity index (χ1v) is 13.1. The van der Waals surface area contributed by atoms with Gasteiger partial charge in [-0.15, -0.1) is 0 Å². The highest BCUT2D eigenvalue weighted by molar-refractivity contribution is 7.80. The molecular weight excluding hydrogens is 468 g/mol. The standard InChI is InChI=1S/C28H34N6OS/c1-20-6-5-14-33(18-20)25-16-26(34-15-13-22-7-3-4-8-23(22)19-34)31-27(30-25)32-28(36)29-17-21-9-11-24(35-2)12-10-21/h3-4,7-12,16,20H,5-6,13-15,17-19H2,1-2H3,(H2,29,30,31,32,36)/t20-/m1/s1. The Balaban J connectivity index is 1.34. The fraction of sp³-hybridized carbons (Fsp3) is 0.393. The van der Waals surface area contributed by atoms with Crippen molar-refractivity contribution < 1.29 is 4.74 Å². The van der Waals surface area contributed by atoms with Crippen LogP contribution in [-0.2, 0) is 19.5 Å². The molecule has 0 aliphatic carbocycles. The van der Waals surface area contributed by atoms with Gasteiger partial charge < -0.3 is 25.2 Å². The van der Waals surface area contributed by atoms with Gasteiger partial charge in [-0.2, -0.15) is 9.97 Å². The molecule has 1 aromatic heterocycles. The van der Waals surface area contributed by atoms with E-state index in [2.05, 4.69) is 57.7 Å². The number of rotatable bonds is 6. The summed E-state index contributed by atoms with van der Waals surface area (Å²) in [7, 11) is 1.67. The summed E-state index contributed by atoms with van der Waals surface area (Å²) in [5, 5.41) is 7.02. The van der Waals surface area contributed by atoms with Crippen LogP contribution in [0.4, 0.5) is 17.6 Å². The maximum atomic E-state index is 5.60. The molecule has 5 rings (SSSR count). The zero-order chi connectivity index (χ0) is 24.9. The molecule has 0 saturated carbocycles. The minimum absolute atomic E-state index is 0.505. The van der Waals surface area contributed by atoms with Crippen LogP contribution in [0.1, 0.15) is 36.5 Å². The maximum Gasteiger partial charge on any atom is 0.232 e. The molecule has 2 aromatic carbocycles. The van der Waals surface area contributed by atoms with Gasteiger partial charge in [0.15, 0.2) is 5.11 Å². The Bertz CT molecular complexity index is 1200. The van der Waals surface area contributed by atoms with Crippen molar-refractivity contribution in [3.05, 3.63) is 71.3 Å². The lowest BCUT2D eigenvalue weighted by Crippen LogP contribution is -2.36. The van der Waals surface area contributed by atoms with E-state index in [9.17, 15) is 0 Å². The average molecular weight is 503 g/mol. The van der Waals surface area contributed by atoms with Gasteiger partial charge in [0.25, 0.3) is 0 Å². The molecule has 36 heavy (non-hydrogen) atoms. The Morgan fingerprint density at radius 3 is 2.53 bits per heavy atom. The highest BCUT2D eigenvalue weighted by Gasteiger charge is 2.23. The number of benzene rings is 2. The molecule has 0 amide bonds. The van der Waals surface area contributed by atoms with E-state index in [-0.39, 0.29) is 0 Å². The van der Waals surface area contributed by atoms with Crippen LogP contribution in [-0.4, -0.2) is 41.8 Å². The normalized spacial score (nSPS) is 17.3. The summed E-state index contributed by atoms with van der Waals surface area (Å²) < 4.78 is 5.24. The molecular formula is C28H34N6OS. The van der Waals surface area contributed by atoms with E-state index in [0.29, 0.717) is 23.5 Å². The van der Waals surface area contributed by atoms with E-state index < -0.39 is 0 Å². The predicted molar refractivity (Wildman–Crippen MR) is 150 cm³/mol. The Labute approximate surface area is 218 Å². The highest BCUT2D eigenvalue weighted by Crippen LogP contribution is 2.29. The van der Waals surface area contributed by atoms with Crippen LogP contribution in [0.15, 0.2) is 54.6 Å². The van der Waals surface area contributed by atoms with E-state index in [1.807, 2.05) is 24.3 Å². The Morgan fingerprint density at radius 2 is 1.78 bits per heavy atom. The largest absolute Gasteiger partial charge is 0.497 e. The van der Waals surface area contributed by atoms with E-state index in [1.54, 1.807) is 7.11 Å². The van der Waals surface area contributed by atoms with Crippen LogP contribution in [0.2, 0.25) is 0 Å². The number of nitrogens with one attached hydrogen (secondary N) is 2. The third-order valence-corrected chi connectivity index (χ3v) is 7.22. The van der Waals surface area contributed by atoms with Gasteiger partial charge in [0.2, 0.25) is 5.95 Å². The van der Waals surface area contributed by atoms with Crippen LogP contribution in [0.3, 0.4) is 0 Å². The van der Waals surface area contributed by atoms with Crippen molar-refractivity contribution in [3.63, 3.8) is 0 Å². The van der Waals surface area contributed by atoms with Crippen LogP contribution >= 0.6 is 12.2 Å². The van der Waals surface area contributed by atoms with Crippen molar-refractivity contribution >= 4 is 34.9 Å². The summed E-state index contributed by atoms with van der Waals surface area (Å²) in [6.45, 7) is 6.73. The lowest BCUT2D eigenvalue weighted by molar-refractivity contribution is 0.414. The lowest BCUT2D eigenvalue weighted by atomic mass is 10.00. The molecule has 1 atom stereocenters. The van der Waals surface area contributed by atoms with Crippen LogP contribution in [0.5, 0.6) is 5.75 Å². The lowest BCUT2D eigenvalue weighted by Gasteiger charge is -2.34. The summed E-state index contributed by atoms with van der Waals surface area (Å²) >= 11 is 5.60. The summed E-state index contributed by atoms with van der Waals surface area (Å²) in [5.74, 6) is 3.93. The molecule has 0 radical (unpaired) electrons. The second kappa shape index (κ2) is 11.1. The summed E-state index contributed by atoms with van der Waals surface area (Å²) in [6.07, 6.45) is 3.46. The third-order valence-electron chi connectivity index (χ3n) is 6.97. The zero-order valence-corrected chi connectivity index (χ0v) is 21.9. The van der Waals surface area contributed by atoms with Crippen molar-refractivity contribution in [2.45, 2.75) is 39.3 Å². The molecule has 0 spiro atoms. The van der Waals surface area contributed by atoms with Gasteiger partial charge in [0.1, 0.15) is 17.4 Å². The number of methoxy groups -OCH3 is 1. The number of hydrogen-bond donors (Lipinski definition) is 2. The molecule has 3 heterocycles. The number of hydrogen-bond acceptors (Lipinski definition) is 6. The van der Waals surface area contributed by atoms with Gasteiger partial charge in [-0.25, -0.2) is 0 Å². The fourth-order valence-corrected chi connectivity index (χ4v) is 5.13. The van der Waals surface area contributed by atoms with E-state index >= 15 is 0 Å². The molecule has 2 N–H and O–H groups in total. The molecule has 0 bridgehead atoms. The SMILES string of the molecule is COc1ccc(CNC(=S)Nc2nc(N3CCc4ccccc4C3)cc(N3CCC[C@@H](C)C3)n2)cc1. The number of anilines is 3. The van der Waals surface area contributed by atoms with Crippen molar-refractivity contribution in [2.75, 3.05) is 41.9 Å². The number of aromatic nitrogens is 2. The maximum absolute atomic E-state index is 5.60. The Kier molecular flexibility index (Phi) is 7.51. The van der Waals surface area contributed by atoms with Gasteiger partial charge in [-0.1, -0.05) is 43.3 Å². The van der Waals surface area contributed by atoms with E-state index in [4.69, 9.17) is 26.9 Å². The first kappa shape index (κ1) is 24.3. The Morgan fingerprint density at radius 1 is 1.03 bits per heavy atom. The highest BCUT2D eigenvalue weighted by atomic mass is 32.1. The topological polar surface area (TPSA) is 65.6 Å². The summed E-state index contributed by atoms with van der Waals surface area (Å²) in [5.41, 5.74) is 3.90. The molecule has 0 unspecified atom stereocenters. The molecule has 188 valence electrons. The molecule has 3 aromatic rings. The second-order valence-corrected chi connectivity index (χ2v) is 10.1. The monoisotopic (exact) mass is 502 g/mol. The summed E-state index contributed by atoms with van der Waals surface area (Å²) in [4.78, 5) is 14.5. The Hall–Kier alpha value is -3.39. The van der Waals surface area contributed by atoms with Crippen LogP contribution in [0, 0.1) is 5.92 Å². The third kappa shape index (κ3) is 5.87. The van der Waals surface area contributed by atoms with Gasteiger partial charge in [-0.05, 0) is 66.2 Å². The number of nitrogens with zero attached hydrogens (tertiary/aromatic N) is 4. The van der Waals surface area contributed by atoms with Gasteiger partial charge in [-0.3, -0.25) is 0 Å². The van der Waals surface area contributed by atoms with E-state index in [0.717, 1.165) is 55.5 Å². The minimum Gasteiger partial charge on any atom is -0.497 e. The molecule has 1 saturated heterocycles. The number of thiocarbonyl (C=S) groups is 1. The minimum atomic E-state index is 0.505. The second-order valence-electron chi connectivity index (χ2n) is 9.70. The molecule has 2 aliphatic rings. The first-order chi connectivity index (χ1) is 17.6. The van der Waals surface area contributed by atoms with Gasteiger partial charge in [0, 0.05) is 38.8 Å². The number of ether oxygens (including phenoxy) is 1. The predicted octanol–water partition coefficient (Wildman–Crippen LogP) is 4.77. The molecule has 7 nitrogen and oxygen atoms in total. The molecule has 2 aliphatic heterocycles. The summed E-state index contributed by atoms with van der Waals surface area (Å²) in [6, 6.07) is 18.8. The van der Waals surface area contributed by atoms with Crippen molar-refractivity contribution in [3.8, 4) is 5.75 Å². The smallest absolute Gasteiger partial charge is 0.232 e. The average Bonchev–Trinajstić information content (AvgIpc) is 2.91. The molecule has 1 fully saturated rings. The van der Waals surface area contributed by atoms with Crippen molar-refractivity contribution in [1.29, 1.82) is 0 Å². The van der Waals surface area contributed by atoms with Crippen molar-refractivity contribution in [1.82, 2.24) is 15.3 Å².